The van der Waals surface area contributed by atoms with Gasteiger partial charge in [0.15, 0.2) is 0 Å². The highest BCUT2D eigenvalue weighted by Gasteiger charge is 2.15. The van der Waals surface area contributed by atoms with E-state index in [1.54, 1.807) is 0 Å². The minimum atomic E-state index is 0.0347. The van der Waals surface area contributed by atoms with Gasteiger partial charge in [0, 0.05) is 19.0 Å². The third-order valence-electron chi connectivity index (χ3n) is 3.63. The summed E-state index contributed by atoms with van der Waals surface area (Å²) in [7, 11) is 1.91. The van der Waals surface area contributed by atoms with Gasteiger partial charge in [0.05, 0.1) is 10.6 Å². The number of carbonyl (C=O) groups is 1. The molecule has 0 spiro atoms. The second kappa shape index (κ2) is 5.74. The first-order valence-electron chi connectivity index (χ1n) is 6.78. The molecule has 5 heteroatoms. The van der Waals surface area contributed by atoms with Crippen molar-refractivity contribution in [1.29, 1.82) is 0 Å². The van der Waals surface area contributed by atoms with E-state index in [2.05, 4.69) is 24.3 Å². The van der Waals surface area contributed by atoms with Crippen molar-refractivity contribution in [3.63, 3.8) is 0 Å². The summed E-state index contributed by atoms with van der Waals surface area (Å²) in [5.41, 5.74) is 0.979. The van der Waals surface area contributed by atoms with Gasteiger partial charge in [-0.3, -0.25) is 9.48 Å². The van der Waals surface area contributed by atoms with Crippen molar-refractivity contribution in [1.82, 2.24) is 15.1 Å². The highest BCUT2D eigenvalue weighted by Crippen LogP contribution is 2.27. The minimum Gasteiger partial charge on any atom is -0.351 e. The Kier molecular flexibility index (Phi) is 4.24. The van der Waals surface area contributed by atoms with Crippen molar-refractivity contribution < 1.29 is 4.79 Å². The third-order valence-corrected chi connectivity index (χ3v) is 4.83. The quantitative estimate of drug-likeness (QED) is 0.914. The fraction of sp³-hybridized carbons (Fsp3) is 0.571. The van der Waals surface area contributed by atoms with Crippen molar-refractivity contribution in [2.24, 2.45) is 13.0 Å². The average molecular weight is 279 g/mol. The SMILES string of the molecule is CCC(CC)CNC(=O)c1cc2c(C)nn(C)c2s1. The van der Waals surface area contributed by atoms with Crippen LogP contribution in [0.3, 0.4) is 0 Å². The standard InChI is InChI=1S/C14H21N3OS/c1-5-10(6-2)8-15-13(18)12-7-11-9(3)16-17(4)14(11)19-12/h7,10H,5-6,8H2,1-4H3,(H,15,18). The molecule has 104 valence electrons. The lowest BCUT2D eigenvalue weighted by Gasteiger charge is -2.12. The topological polar surface area (TPSA) is 46.9 Å². The molecule has 0 aliphatic heterocycles. The van der Waals surface area contributed by atoms with Crippen LogP contribution >= 0.6 is 11.3 Å². The predicted octanol–water partition coefficient (Wildman–Crippen LogP) is 3.11. The smallest absolute Gasteiger partial charge is 0.261 e. The molecule has 0 aromatic carbocycles. The van der Waals surface area contributed by atoms with Gasteiger partial charge < -0.3 is 5.32 Å². The normalized spacial score (nSPS) is 11.4. The van der Waals surface area contributed by atoms with E-state index in [4.69, 9.17) is 0 Å². The number of aromatic nitrogens is 2. The number of nitrogens with zero attached hydrogens (tertiary/aromatic N) is 2. The third kappa shape index (κ3) is 2.81. The zero-order valence-electron chi connectivity index (χ0n) is 12.0. The molecular formula is C14H21N3OS. The van der Waals surface area contributed by atoms with Crippen LogP contribution in [0, 0.1) is 12.8 Å². The van der Waals surface area contributed by atoms with Gasteiger partial charge in [0.1, 0.15) is 4.83 Å². The number of thiophene rings is 1. The minimum absolute atomic E-state index is 0.0347. The molecule has 0 aliphatic carbocycles. The van der Waals surface area contributed by atoms with Crippen LogP contribution < -0.4 is 5.32 Å². The average Bonchev–Trinajstić information content (AvgIpc) is 2.93. The van der Waals surface area contributed by atoms with E-state index in [9.17, 15) is 4.79 Å². The first-order valence-corrected chi connectivity index (χ1v) is 7.59. The van der Waals surface area contributed by atoms with E-state index in [0.717, 1.165) is 40.2 Å². The molecule has 0 unspecified atom stereocenters. The van der Waals surface area contributed by atoms with Crippen LogP contribution in [-0.2, 0) is 7.05 Å². The Hall–Kier alpha value is -1.36. The zero-order valence-corrected chi connectivity index (χ0v) is 12.8. The second-order valence-electron chi connectivity index (χ2n) is 4.93. The molecular weight excluding hydrogens is 258 g/mol. The van der Waals surface area contributed by atoms with Gasteiger partial charge in [-0.05, 0) is 18.9 Å². The van der Waals surface area contributed by atoms with Gasteiger partial charge in [-0.25, -0.2) is 0 Å². The first-order chi connectivity index (χ1) is 9.06. The van der Waals surface area contributed by atoms with Crippen LogP contribution in [0.1, 0.15) is 42.1 Å². The van der Waals surface area contributed by atoms with E-state index in [1.807, 2.05) is 24.7 Å². The Morgan fingerprint density at radius 3 is 2.74 bits per heavy atom. The summed E-state index contributed by atoms with van der Waals surface area (Å²) in [6, 6.07) is 1.95. The van der Waals surface area contributed by atoms with Gasteiger partial charge in [0.25, 0.3) is 5.91 Å². The maximum atomic E-state index is 12.1. The molecule has 0 saturated heterocycles. The predicted molar refractivity (Wildman–Crippen MR) is 79.7 cm³/mol. The second-order valence-corrected chi connectivity index (χ2v) is 5.96. The van der Waals surface area contributed by atoms with Crippen molar-refractivity contribution in [2.75, 3.05) is 6.54 Å². The molecule has 1 amide bonds. The van der Waals surface area contributed by atoms with E-state index in [1.165, 1.54) is 11.3 Å². The van der Waals surface area contributed by atoms with E-state index < -0.39 is 0 Å². The Balaban J connectivity index is 2.11. The van der Waals surface area contributed by atoms with Crippen LogP contribution in [0.5, 0.6) is 0 Å². The van der Waals surface area contributed by atoms with Crippen LogP contribution in [0.2, 0.25) is 0 Å². The van der Waals surface area contributed by atoms with Crippen molar-refractivity contribution in [3.05, 3.63) is 16.6 Å². The molecule has 2 aromatic rings. The first kappa shape index (κ1) is 14.1. The molecule has 2 rings (SSSR count). The summed E-state index contributed by atoms with van der Waals surface area (Å²) in [4.78, 5) is 14.0. The lowest BCUT2D eigenvalue weighted by molar-refractivity contribution is 0.0950. The molecule has 0 bridgehead atoms. The number of rotatable bonds is 5. The van der Waals surface area contributed by atoms with Gasteiger partial charge >= 0.3 is 0 Å². The monoisotopic (exact) mass is 279 g/mol. The maximum absolute atomic E-state index is 12.1. The molecule has 2 heterocycles. The Bertz CT molecular complexity index is 546. The lowest BCUT2D eigenvalue weighted by Crippen LogP contribution is -2.28. The van der Waals surface area contributed by atoms with Crippen LogP contribution in [-0.4, -0.2) is 22.2 Å². The number of hydrogen-bond donors (Lipinski definition) is 1. The number of carbonyl (C=O) groups excluding carboxylic acids is 1. The molecule has 0 aliphatic rings. The highest BCUT2D eigenvalue weighted by molar-refractivity contribution is 7.20. The zero-order chi connectivity index (χ0) is 14.0. The van der Waals surface area contributed by atoms with Crippen molar-refractivity contribution in [2.45, 2.75) is 33.6 Å². The van der Waals surface area contributed by atoms with Crippen LogP contribution in [0.25, 0.3) is 10.2 Å². The van der Waals surface area contributed by atoms with E-state index in [-0.39, 0.29) is 5.91 Å². The van der Waals surface area contributed by atoms with Gasteiger partial charge in [0.2, 0.25) is 0 Å². The van der Waals surface area contributed by atoms with Gasteiger partial charge in [-0.1, -0.05) is 26.7 Å². The molecule has 0 atom stereocenters. The molecule has 0 radical (unpaired) electrons. The van der Waals surface area contributed by atoms with Gasteiger partial charge in [-0.2, -0.15) is 5.10 Å². The van der Waals surface area contributed by atoms with E-state index >= 15 is 0 Å². The van der Waals surface area contributed by atoms with Crippen molar-refractivity contribution in [3.8, 4) is 0 Å². The summed E-state index contributed by atoms with van der Waals surface area (Å²) >= 11 is 1.51. The van der Waals surface area contributed by atoms with E-state index in [0.29, 0.717) is 5.92 Å². The Morgan fingerprint density at radius 1 is 1.47 bits per heavy atom. The molecule has 2 aromatic heterocycles. The molecule has 0 saturated carbocycles. The van der Waals surface area contributed by atoms with Crippen LogP contribution in [0.15, 0.2) is 6.07 Å². The number of hydrogen-bond acceptors (Lipinski definition) is 3. The Morgan fingerprint density at radius 2 is 2.16 bits per heavy atom. The number of amides is 1. The summed E-state index contributed by atoms with van der Waals surface area (Å²) < 4.78 is 1.84. The number of fused-ring (bicyclic) bond motifs is 1. The largest absolute Gasteiger partial charge is 0.351 e. The number of nitrogens with one attached hydrogen (secondary N) is 1. The summed E-state index contributed by atoms with van der Waals surface area (Å²) in [5.74, 6) is 0.606. The molecule has 0 fully saturated rings. The summed E-state index contributed by atoms with van der Waals surface area (Å²) in [5, 5.41) is 8.46. The highest BCUT2D eigenvalue weighted by atomic mass is 32.1. The fourth-order valence-corrected chi connectivity index (χ4v) is 3.26. The van der Waals surface area contributed by atoms with Gasteiger partial charge in [-0.15, -0.1) is 11.3 Å². The lowest BCUT2D eigenvalue weighted by atomic mass is 10.0. The van der Waals surface area contributed by atoms with Crippen molar-refractivity contribution >= 4 is 27.5 Å². The Labute approximate surface area is 117 Å². The summed E-state index contributed by atoms with van der Waals surface area (Å²) in [6.07, 6.45) is 2.21. The summed E-state index contributed by atoms with van der Waals surface area (Å²) in [6.45, 7) is 7.06. The molecule has 19 heavy (non-hydrogen) atoms. The maximum Gasteiger partial charge on any atom is 0.261 e. The molecule has 4 nitrogen and oxygen atoms in total. The fourth-order valence-electron chi connectivity index (χ4n) is 2.22. The number of aryl methyl sites for hydroxylation is 2. The van der Waals surface area contributed by atoms with Crippen LogP contribution in [0.4, 0.5) is 0 Å². The molecule has 1 N–H and O–H groups in total.